The first kappa shape index (κ1) is 16.2. The third kappa shape index (κ3) is 4.70. The summed E-state index contributed by atoms with van der Waals surface area (Å²) in [6.45, 7) is 12.3. The smallest absolute Gasteiger partial charge is 0.156 e. The molecule has 106 valence electrons. The average Bonchev–Trinajstić information content (AvgIpc) is 2.25. The maximum Gasteiger partial charge on any atom is 0.156 e. The lowest BCUT2D eigenvalue weighted by molar-refractivity contribution is -0.116. The molecule has 0 saturated carbocycles. The molecule has 20 heavy (non-hydrogen) atoms. The number of rotatable bonds is 1. The van der Waals surface area contributed by atoms with Crippen molar-refractivity contribution < 1.29 is 4.79 Å². The number of hydrogen-bond donors (Lipinski definition) is 0. The van der Waals surface area contributed by atoms with E-state index in [1.165, 1.54) is 11.1 Å². The van der Waals surface area contributed by atoms with Crippen LogP contribution in [0.15, 0.2) is 46.6 Å². The van der Waals surface area contributed by atoms with Crippen LogP contribution in [0.1, 0.15) is 48.0 Å². The lowest BCUT2D eigenvalue weighted by Crippen LogP contribution is -2.24. The fraction of sp³-hybridized carbons (Fsp3) is 0.421. The molecule has 0 heterocycles. The van der Waals surface area contributed by atoms with Crippen LogP contribution in [-0.2, 0) is 4.79 Å². The molecule has 0 aliphatic heterocycles. The Morgan fingerprint density at radius 2 is 1.95 bits per heavy atom. The summed E-state index contributed by atoms with van der Waals surface area (Å²) in [7, 11) is 0. The molecule has 1 nitrogen and oxygen atoms in total. The van der Waals surface area contributed by atoms with Crippen LogP contribution in [0.5, 0.6) is 0 Å². The Morgan fingerprint density at radius 3 is 2.50 bits per heavy atom. The monoisotopic (exact) mass is 268 g/mol. The molecule has 0 bridgehead atoms. The summed E-state index contributed by atoms with van der Waals surface area (Å²) in [5, 5.41) is 0. The lowest BCUT2D eigenvalue weighted by atomic mass is 9.72. The molecule has 0 unspecified atom stereocenters. The molecule has 0 amide bonds. The third-order valence-corrected chi connectivity index (χ3v) is 3.28. The Morgan fingerprint density at radius 1 is 1.30 bits per heavy atom. The van der Waals surface area contributed by atoms with E-state index >= 15 is 0 Å². The summed E-state index contributed by atoms with van der Waals surface area (Å²) < 4.78 is 0. The summed E-state index contributed by atoms with van der Waals surface area (Å²) in [5.74, 6) is 6.36. The summed E-state index contributed by atoms with van der Waals surface area (Å²) >= 11 is 0. The van der Waals surface area contributed by atoms with Crippen LogP contribution in [-0.4, -0.2) is 5.78 Å². The maximum atomic E-state index is 11.6. The first-order chi connectivity index (χ1) is 9.22. The minimum absolute atomic E-state index is 0.0972. The van der Waals surface area contributed by atoms with Crippen LogP contribution >= 0.6 is 0 Å². The number of allylic oxidation sites excluding steroid dienone is 8. The van der Waals surface area contributed by atoms with E-state index in [-0.39, 0.29) is 11.2 Å². The van der Waals surface area contributed by atoms with Gasteiger partial charge in [0.15, 0.2) is 5.78 Å². The molecule has 0 N–H and O–H groups in total. The minimum Gasteiger partial charge on any atom is -0.295 e. The molecule has 1 aliphatic carbocycles. The van der Waals surface area contributed by atoms with Crippen LogP contribution < -0.4 is 0 Å². The predicted molar refractivity (Wildman–Crippen MR) is 86.2 cm³/mol. The Labute approximate surface area is 123 Å². The van der Waals surface area contributed by atoms with E-state index < -0.39 is 0 Å². The van der Waals surface area contributed by atoms with Gasteiger partial charge in [0.25, 0.3) is 0 Å². The molecule has 0 aromatic heterocycles. The standard InChI is InChI=1S/C19H24O/c1-14(2)8-7-9-15(3)10-11-18-16(4)12-17(20)13-19(18,5)6/h8,10-12H,13H2,1-6H3/b15-10+,18-11+. The van der Waals surface area contributed by atoms with Gasteiger partial charge in [-0.25, -0.2) is 0 Å². The summed E-state index contributed by atoms with van der Waals surface area (Å²) in [6.07, 6.45) is 8.38. The van der Waals surface area contributed by atoms with Crippen molar-refractivity contribution in [1.29, 1.82) is 0 Å². The zero-order chi connectivity index (χ0) is 15.3. The van der Waals surface area contributed by atoms with Gasteiger partial charge in [-0.3, -0.25) is 4.79 Å². The molecule has 0 radical (unpaired) electrons. The predicted octanol–water partition coefficient (Wildman–Crippen LogP) is 4.77. The van der Waals surface area contributed by atoms with Gasteiger partial charge >= 0.3 is 0 Å². The second-order valence-electron chi connectivity index (χ2n) is 6.28. The van der Waals surface area contributed by atoms with Gasteiger partial charge in [-0.2, -0.15) is 0 Å². The van der Waals surface area contributed by atoms with Crippen molar-refractivity contribution in [2.75, 3.05) is 0 Å². The molecule has 0 fully saturated rings. The van der Waals surface area contributed by atoms with Crippen molar-refractivity contribution in [3.8, 4) is 11.8 Å². The van der Waals surface area contributed by atoms with E-state index in [1.807, 2.05) is 39.8 Å². The molecule has 1 heteroatoms. The molecule has 0 spiro atoms. The second kappa shape index (κ2) is 6.57. The Balaban J connectivity index is 3.03. The average molecular weight is 268 g/mol. The highest BCUT2D eigenvalue weighted by molar-refractivity contribution is 5.93. The quantitative estimate of drug-likeness (QED) is 0.626. The van der Waals surface area contributed by atoms with E-state index in [0.717, 1.165) is 11.1 Å². The molecular formula is C19H24O. The van der Waals surface area contributed by atoms with Gasteiger partial charge in [0.2, 0.25) is 0 Å². The van der Waals surface area contributed by atoms with Crippen LogP contribution in [0.2, 0.25) is 0 Å². The fourth-order valence-corrected chi connectivity index (χ4v) is 2.34. The van der Waals surface area contributed by atoms with Crippen LogP contribution in [0.4, 0.5) is 0 Å². The Hall–Kier alpha value is -1.81. The van der Waals surface area contributed by atoms with E-state index in [4.69, 9.17) is 0 Å². The molecule has 1 rings (SSSR count). The van der Waals surface area contributed by atoms with Crippen LogP contribution in [0.25, 0.3) is 0 Å². The van der Waals surface area contributed by atoms with Gasteiger partial charge in [0.05, 0.1) is 0 Å². The lowest BCUT2D eigenvalue weighted by Gasteiger charge is -2.31. The Bertz CT molecular complexity index is 577. The molecule has 1 aliphatic rings. The van der Waals surface area contributed by atoms with Crippen molar-refractivity contribution in [1.82, 2.24) is 0 Å². The number of ketones is 1. The summed E-state index contributed by atoms with van der Waals surface area (Å²) in [4.78, 5) is 11.6. The summed E-state index contributed by atoms with van der Waals surface area (Å²) in [5.41, 5.74) is 4.41. The van der Waals surface area contributed by atoms with E-state index in [2.05, 4.69) is 31.8 Å². The highest BCUT2D eigenvalue weighted by Gasteiger charge is 2.30. The van der Waals surface area contributed by atoms with E-state index in [0.29, 0.717) is 6.42 Å². The zero-order valence-electron chi connectivity index (χ0n) is 13.4. The number of carbonyl (C=O) groups excluding carboxylic acids is 1. The largest absolute Gasteiger partial charge is 0.295 e. The molecule has 0 aromatic carbocycles. The Kier molecular flexibility index (Phi) is 5.34. The minimum atomic E-state index is -0.0972. The molecule has 0 aromatic rings. The van der Waals surface area contributed by atoms with Crippen molar-refractivity contribution in [2.45, 2.75) is 48.0 Å². The van der Waals surface area contributed by atoms with E-state index in [9.17, 15) is 4.79 Å². The first-order valence-corrected chi connectivity index (χ1v) is 6.98. The maximum absolute atomic E-state index is 11.6. The fourth-order valence-electron chi connectivity index (χ4n) is 2.34. The van der Waals surface area contributed by atoms with Crippen LogP contribution in [0.3, 0.4) is 0 Å². The van der Waals surface area contributed by atoms with Crippen LogP contribution in [0, 0.1) is 17.3 Å². The zero-order valence-corrected chi connectivity index (χ0v) is 13.4. The highest BCUT2D eigenvalue weighted by atomic mass is 16.1. The molecular weight excluding hydrogens is 244 g/mol. The molecule has 0 atom stereocenters. The SMILES string of the molecule is CC(C)=CC#C/C(C)=C/C=C1\C(C)=CC(=O)CC1(C)C. The van der Waals surface area contributed by atoms with Gasteiger partial charge in [-0.1, -0.05) is 43.4 Å². The van der Waals surface area contributed by atoms with Gasteiger partial charge in [-0.05, 0) is 62.0 Å². The van der Waals surface area contributed by atoms with Crippen molar-refractivity contribution >= 4 is 5.78 Å². The van der Waals surface area contributed by atoms with Crippen molar-refractivity contribution in [3.63, 3.8) is 0 Å². The second-order valence-corrected chi connectivity index (χ2v) is 6.28. The first-order valence-electron chi connectivity index (χ1n) is 6.98. The summed E-state index contributed by atoms with van der Waals surface area (Å²) in [6, 6.07) is 0. The van der Waals surface area contributed by atoms with E-state index in [1.54, 1.807) is 6.08 Å². The van der Waals surface area contributed by atoms with Gasteiger partial charge < -0.3 is 0 Å². The van der Waals surface area contributed by atoms with Gasteiger partial charge in [-0.15, -0.1) is 0 Å². The number of carbonyl (C=O) groups is 1. The van der Waals surface area contributed by atoms with Gasteiger partial charge in [0, 0.05) is 6.42 Å². The number of hydrogen-bond acceptors (Lipinski definition) is 1. The highest BCUT2D eigenvalue weighted by Crippen LogP contribution is 2.38. The third-order valence-electron chi connectivity index (χ3n) is 3.28. The van der Waals surface area contributed by atoms with Crippen molar-refractivity contribution in [2.24, 2.45) is 5.41 Å². The topological polar surface area (TPSA) is 17.1 Å². The molecule has 0 saturated heterocycles. The normalized spacial score (nSPS) is 20.1. The van der Waals surface area contributed by atoms with Gasteiger partial charge in [0.1, 0.15) is 0 Å². The van der Waals surface area contributed by atoms with Crippen molar-refractivity contribution in [3.05, 3.63) is 46.6 Å².